The molecule has 0 aliphatic rings. The summed E-state index contributed by atoms with van der Waals surface area (Å²) in [5.41, 5.74) is 0. The van der Waals surface area contributed by atoms with Crippen molar-refractivity contribution in [3.05, 3.63) is 24.3 Å². The van der Waals surface area contributed by atoms with E-state index in [0.717, 1.165) is 44.4 Å². The summed E-state index contributed by atoms with van der Waals surface area (Å²) in [6.45, 7) is 0.402. The number of alkyl halides is 1. The van der Waals surface area contributed by atoms with Crippen molar-refractivity contribution >= 4 is 23.5 Å². The van der Waals surface area contributed by atoms with Gasteiger partial charge in [-0.3, -0.25) is 9.59 Å². The van der Waals surface area contributed by atoms with Crippen LogP contribution in [0.25, 0.3) is 0 Å². The predicted octanol–water partition coefficient (Wildman–Crippen LogP) is 4.50. The van der Waals surface area contributed by atoms with Gasteiger partial charge < -0.3 is 14.2 Å². The predicted molar refractivity (Wildman–Crippen MR) is 97.2 cm³/mol. The molecule has 0 N–H and O–H groups in total. The van der Waals surface area contributed by atoms with Gasteiger partial charge in [0.25, 0.3) is 0 Å². The zero-order valence-electron chi connectivity index (χ0n) is 14.8. The van der Waals surface area contributed by atoms with Crippen molar-refractivity contribution in [1.82, 2.24) is 0 Å². The number of unbranched alkanes of at least 4 members (excludes halogenated alkanes) is 5. The Bertz CT molecular complexity index is 518. The molecule has 0 aromatic heterocycles. The van der Waals surface area contributed by atoms with Gasteiger partial charge in [-0.05, 0) is 25.0 Å². The van der Waals surface area contributed by atoms with Crippen LogP contribution in [0.4, 0.5) is 0 Å². The zero-order valence-corrected chi connectivity index (χ0v) is 15.6. The van der Waals surface area contributed by atoms with E-state index in [-0.39, 0.29) is 18.8 Å². The Morgan fingerprint density at radius 1 is 0.920 bits per heavy atom. The SMILES string of the molecule is COc1cccc(OC(=O)CCC(=O)OCCCCCCCCCl)c1. The highest BCUT2D eigenvalue weighted by molar-refractivity contribution is 6.17. The van der Waals surface area contributed by atoms with Crippen molar-refractivity contribution < 1.29 is 23.8 Å². The molecule has 0 aliphatic heterocycles. The number of methoxy groups -OCH3 is 1. The Labute approximate surface area is 154 Å². The monoisotopic (exact) mass is 370 g/mol. The van der Waals surface area contributed by atoms with E-state index < -0.39 is 5.97 Å². The summed E-state index contributed by atoms with van der Waals surface area (Å²) < 4.78 is 15.3. The molecule has 0 fully saturated rings. The molecule has 140 valence electrons. The molecule has 0 atom stereocenters. The minimum Gasteiger partial charge on any atom is -0.497 e. The number of rotatable bonds is 13. The van der Waals surface area contributed by atoms with Crippen molar-refractivity contribution in [2.75, 3.05) is 19.6 Å². The van der Waals surface area contributed by atoms with Gasteiger partial charge in [0.2, 0.25) is 0 Å². The van der Waals surface area contributed by atoms with Crippen LogP contribution in [0.3, 0.4) is 0 Å². The normalized spacial score (nSPS) is 10.3. The lowest BCUT2D eigenvalue weighted by molar-refractivity contribution is -0.147. The minimum atomic E-state index is -0.468. The lowest BCUT2D eigenvalue weighted by atomic mass is 10.1. The van der Waals surface area contributed by atoms with Gasteiger partial charge in [-0.2, -0.15) is 0 Å². The van der Waals surface area contributed by atoms with Crippen molar-refractivity contribution in [1.29, 1.82) is 0 Å². The van der Waals surface area contributed by atoms with Crippen LogP contribution in [0.2, 0.25) is 0 Å². The number of carbonyl (C=O) groups excluding carboxylic acids is 2. The average molecular weight is 371 g/mol. The average Bonchev–Trinajstić information content (AvgIpc) is 2.62. The Hall–Kier alpha value is -1.75. The molecule has 1 aromatic rings. The van der Waals surface area contributed by atoms with Crippen LogP contribution in [0, 0.1) is 0 Å². The summed E-state index contributed by atoms with van der Waals surface area (Å²) in [5.74, 6) is 0.881. The molecule has 25 heavy (non-hydrogen) atoms. The number of halogens is 1. The Balaban J connectivity index is 2.08. The fourth-order valence-corrected chi connectivity index (χ4v) is 2.40. The van der Waals surface area contributed by atoms with E-state index in [0.29, 0.717) is 18.1 Å². The number of carbonyl (C=O) groups is 2. The van der Waals surface area contributed by atoms with Gasteiger partial charge in [-0.25, -0.2) is 0 Å². The number of hydrogen-bond donors (Lipinski definition) is 0. The molecular weight excluding hydrogens is 344 g/mol. The van der Waals surface area contributed by atoms with Crippen molar-refractivity contribution in [3.8, 4) is 11.5 Å². The zero-order chi connectivity index (χ0) is 18.3. The van der Waals surface area contributed by atoms with Gasteiger partial charge in [0, 0.05) is 11.9 Å². The van der Waals surface area contributed by atoms with Gasteiger partial charge in [-0.15, -0.1) is 11.6 Å². The number of esters is 2. The fraction of sp³-hybridized carbons (Fsp3) is 0.579. The fourth-order valence-electron chi connectivity index (χ4n) is 2.21. The number of hydrogen-bond acceptors (Lipinski definition) is 5. The molecule has 0 spiro atoms. The summed E-state index contributed by atoms with van der Waals surface area (Å²) in [4.78, 5) is 23.3. The summed E-state index contributed by atoms with van der Waals surface area (Å²) in [6.07, 6.45) is 6.40. The van der Waals surface area contributed by atoms with E-state index in [1.54, 1.807) is 24.3 Å². The van der Waals surface area contributed by atoms with Crippen molar-refractivity contribution in [2.45, 2.75) is 51.4 Å². The van der Waals surface area contributed by atoms with E-state index >= 15 is 0 Å². The first kappa shape index (κ1) is 21.3. The van der Waals surface area contributed by atoms with Gasteiger partial charge in [0.05, 0.1) is 26.6 Å². The van der Waals surface area contributed by atoms with Crippen LogP contribution in [-0.2, 0) is 14.3 Å². The first-order valence-electron chi connectivity index (χ1n) is 8.72. The second-order valence-electron chi connectivity index (χ2n) is 5.68. The summed E-state index contributed by atoms with van der Waals surface area (Å²) >= 11 is 5.61. The van der Waals surface area contributed by atoms with E-state index in [9.17, 15) is 9.59 Å². The first-order chi connectivity index (χ1) is 12.2. The number of ether oxygens (including phenoxy) is 3. The Morgan fingerprint density at radius 2 is 1.56 bits per heavy atom. The Kier molecular flexibility index (Phi) is 11.5. The summed E-state index contributed by atoms with van der Waals surface area (Å²) in [7, 11) is 1.54. The molecule has 0 radical (unpaired) electrons. The summed E-state index contributed by atoms with van der Waals surface area (Å²) in [6, 6.07) is 6.76. The van der Waals surface area contributed by atoms with Crippen molar-refractivity contribution in [3.63, 3.8) is 0 Å². The molecule has 0 bridgehead atoms. The van der Waals surface area contributed by atoms with E-state index in [1.165, 1.54) is 7.11 Å². The highest BCUT2D eigenvalue weighted by Gasteiger charge is 2.10. The minimum absolute atomic E-state index is 0.00549. The van der Waals surface area contributed by atoms with Crippen LogP contribution < -0.4 is 9.47 Å². The Morgan fingerprint density at radius 3 is 2.28 bits per heavy atom. The maximum atomic E-state index is 11.7. The molecule has 1 aromatic carbocycles. The third kappa shape index (κ3) is 10.7. The highest BCUT2D eigenvalue weighted by atomic mass is 35.5. The standard InChI is InChI=1S/C19H27ClO5/c1-23-16-9-8-10-17(15-16)25-19(22)12-11-18(21)24-14-7-5-3-2-4-6-13-20/h8-10,15H,2-7,11-14H2,1H3. The van der Waals surface area contributed by atoms with E-state index in [2.05, 4.69) is 0 Å². The lowest BCUT2D eigenvalue weighted by Gasteiger charge is -2.07. The quantitative estimate of drug-likeness (QED) is 0.221. The van der Waals surface area contributed by atoms with Crippen LogP contribution >= 0.6 is 11.6 Å². The molecule has 5 nitrogen and oxygen atoms in total. The smallest absolute Gasteiger partial charge is 0.311 e. The maximum Gasteiger partial charge on any atom is 0.311 e. The van der Waals surface area contributed by atoms with E-state index in [1.807, 2.05) is 0 Å². The number of benzene rings is 1. The topological polar surface area (TPSA) is 61.8 Å². The molecule has 1 rings (SSSR count). The molecular formula is C19H27ClO5. The molecule has 0 heterocycles. The lowest BCUT2D eigenvalue weighted by Crippen LogP contribution is -2.12. The molecule has 0 saturated heterocycles. The van der Waals surface area contributed by atoms with Crippen LogP contribution in [0.5, 0.6) is 11.5 Å². The van der Waals surface area contributed by atoms with Crippen LogP contribution in [0.1, 0.15) is 51.4 Å². The van der Waals surface area contributed by atoms with E-state index in [4.69, 9.17) is 25.8 Å². The van der Waals surface area contributed by atoms with Gasteiger partial charge >= 0.3 is 11.9 Å². The van der Waals surface area contributed by atoms with Crippen molar-refractivity contribution in [2.24, 2.45) is 0 Å². The highest BCUT2D eigenvalue weighted by Crippen LogP contribution is 2.19. The van der Waals surface area contributed by atoms with Gasteiger partial charge in [-0.1, -0.05) is 31.7 Å². The second-order valence-corrected chi connectivity index (χ2v) is 6.06. The molecule has 6 heteroatoms. The molecule has 0 unspecified atom stereocenters. The largest absolute Gasteiger partial charge is 0.497 e. The second kappa shape index (κ2) is 13.5. The summed E-state index contributed by atoms with van der Waals surface area (Å²) in [5, 5.41) is 0. The van der Waals surface area contributed by atoms with Crippen LogP contribution in [-0.4, -0.2) is 31.5 Å². The third-order valence-corrected chi connectivity index (χ3v) is 3.86. The third-order valence-electron chi connectivity index (χ3n) is 3.60. The molecule has 0 saturated carbocycles. The van der Waals surface area contributed by atoms with Gasteiger partial charge in [0.1, 0.15) is 11.5 Å². The molecule has 0 amide bonds. The van der Waals surface area contributed by atoms with Gasteiger partial charge in [0.15, 0.2) is 0 Å². The van der Waals surface area contributed by atoms with Crippen LogP contribution in [0.15, 0.2) is 24.3 Å². The molecule has 0 aliphatic carbocycles. The first-order valence-corrected chi connectivity index (χ1v) is 9.25. The maximum absolute atomic E-state index is 11.7.